The van der Waals surface area contributed by atoms with E-state index in [0.29, 0.717) is 6.04 Å². The quantitative estimate of drug-likeness (QED) is 0.918. The summed E-state index contributed by atoms with van der Waals surface area (Å²) in [4.78, 5) is 0. The highest BCUT2D eigenvalue weighted by Crippen LogP contribution is 2.29. The lowest BCUT2D eigenvalue weighted by atomic mass is 10.1. The van der Waals surface area contributed by atoms with Crippen LogP contribution in [-0.4, -0.2) is 21.9 Å². The van der Waals surface area contributed by atoms with Crippen LogP contribution in [0, 0.1) is 6.92 Å². The minimum Gasteiger partial charge on any atom is -0.488 e. The fourth-order valence-corrected chi connectivity index (χ4v) is 2.67. The summed E-state index contributed by atoms with van der Waals surface area (Å²) in [6, 6.07) is 8.94. The maximum atomic E-state index is 6.00. The number of fused-ring (bicyclic) bond motifs is 1. The Morgan fingerprint density at radius 3 is 3.05 bits per heavy atom. The molecule has 1 atom stereocenters. The molecule has 4 nitrogen and oxygen atoms in total. The Hall–Kier alpha value is -1.81. The van der Waals surface area contributed by atoms with Gasteiger partial charge in [0.25, 0.3) is 0 Å². The normalized spacial score (nSPS) is 17.0. The smallest absolute Gasteiger partial charge is 0.123 e. The summed E-state index contributed by atoms with van der Waals surface area (Å²) in [5.74, 6) is 1.03. The van der Waals surface area contributed by atoms with Gasteiger partial charge in [0.1, 0.15) is 11.9 Å². The third-order valence-corrected chi connectivity index (χ3v) is 3.74. The third-order valence-electron chi connectivity index (χ3n) is 3.74. The van der Waals surface area contributed by atoms with E-state index in [2.05, 4.69) is 55.5 Å². The Morgan fingerprint density at radius 1 is 1.38 bits per heavy atom. The van der Waals surface area contributed by atoms with Crippen LogP contribution < -0.4 is 10.1 Å². The van der Waals surface area contributed by atoms with Crippen LogP contribution in [0.5, 0.6) is 5.75 Å². The highest BCUT2D eigenvalue weighted by molar-refractivity contribution is 5.40. The van der Waals surface area contributed by atoms with Crippen LogP contribution in [0.4, 0.5) is 0 Å². The third kappa shape index (κ3) is 3.45. The molecule has 0 spiro atoms. The van der Waals surface area contributed by atoms with Gasteiger partial charge in [0, 0.05) is 25.2 Å². The van der Waals surface area contributed by atoms with E-state index in [-0.39, 0.29) is 6.10 Å². The Balaban J connectivity index is 1.59. The largest absolute Gasteiger partial charge is 0.488 e. The molecule has 0 saturated heterocycles. The van der Waals surface area contributed by atoms with Crippen molar-refractivity contribution in [1.29, 1.82) is 0 Å². The van der Waals surface area contributed by atoms with Crippen molar-refractivity contribution < 1.29 is 4.74 Å². The van der Waals surface area contributed by atoms with Crippen LogP contribution in [0.15, 0.2) is 30.5 Å². The second-order valence-electron chi connectivity index (χ2n) is 6.12. The molecule has 0 bridgehead atoms. The van der Waals surface area contributed by atoms with E-state index in [1.165, 1.54) is 11.1 Å². The molecule has 112 valence electrons. The zero-order chi connectivity index (χ0) is 14.8. The molecule has 0 radical (unpaired) electrons. The van der Waals surface area contributed by atoms with Crippen molar-refractivity contribution >= 4 is 0 Å². The van der Waals surface area contributed by atoms with Gasteiger partial charge in [-0.2, -0.15) is 5.10 Å². The van der Waals surface area contributed by atoms with Crippen LogP contribution in [0.2, 0.25) is 0 Å². The summed E-state index contributed by atoms with van der Waals surface area (Å²) in [6.45, 7) is 8.02. The van der Waals surface area contributed by atoms with Crippen molar-refractivity contribution in [2.24, 2.45) is 0 Å². The molecule has 0 saturated carbocycles. The summed E-state index contributed by atoms with van der Waals surface area (Å²) in [5, 5.41) is 7.98. The van der Waals surface area contributed by atoms with Gasteiger partial charge in [-0.25, -0.2) is 0 Å². The Bertz CT molecular complexity index is 618. The molecule has 0 aliphatic carbocycles. The highest BCUT2D eigenvalue weighted by Gasteiger charge is 2.23. The van der Waals surface area contributed by atoms with Crippen molar-refractivity contribution in [2.75, 3.05) is 0 Å². The van der Waals surface area contributed by atoms with Crippen LogP contribution in [0.25, 0.3) is 0 Å². The number of aryl methyl sites for hydroxylation is 1. The average molecular weight is 285 g/mol. The van der Waals surface area contributed by atoms with Crippen LogP contribution in [-0.2, 0) is 19.5 Å². The van der Waals surface area contributed by atoms with Crippen molar-refractivity contribution in [2.45, 2.75) is 52.4 Å². The van der Waals surface area contributed by atoms with Gasteiger partial charge < -0.3 is 10.1 Å². The average Bonchev–Trinajstić information content (AvgIpc) is 3.02. The van der Waals surface area contributed by atoms with Gasteiger partial charge in [0.05, 0.1) is 12.2 Å². The van der Waals surface area contributed by atoms with Gasteiger partial charge >= 0.3 is 0 Å². The van der Waals surface area contributed by atoms with E-state index in [1.54, 1.807) is 0 Å². The molecule has 0 amide bonds. The Labute approximate surface area is 126 Å². The lowest BCUT2D eigenvalue weighted by molar-refractivity contribution is 0.203. The molecule has 1 aliphatic heterocycles. The predicted octanol–water partition coefficient (Wildman–Crippen LogP) is 2.69. The number of benzene rings is 1. The molecule has 1 unspecified atom stereocenters. The van der Waals surface area contributed by atoms with E-state index in [9.17, 15) is 0 Å². The minimum atomic E-state index is 0.188. The van der Waals surface area contributed by atoms with Crippen molar-refractivity contribution in [1.82, 2.24) is 15.1 Å². The first-order valence-electron chi connectivity index (χ1n) is 7.62. The van der Waals surface area contributed by atoms with Gasteiger partial charge in [-0.1, -0.05) is 31.5 Å². The van der Waals surface area contributed by atoms with Crippen molar-refractivity contribution in [3.63, 3.8) is 0 Å². The van der Waals surface area contributed by atoms with E-state index < -0.39 is 0 Å². The lowest BCUT2D eigenvalue weighted by Gasteiger charge is -2.10. The van der Waals surface area contributed by atoms with Crippen LogP contribution in [0.3, 0.4) is 0 Å². The molecule has 0 fully saturated rings. The molecule has 4 heteroatoms. The fourth-order valence-electron chi connectivity index (χ4n) is 2.67. The molecule has 1 aromatic heterocycles. The summed E-state index contributed by atoms with van der Waals surface area (Å²) in [6.07, 6.45) is 3.19. The molecular formula is C17H23N3O. The van der Waals surface area contributed by atoms with Crippen molar-refractivity contribution in [3.8, 4) is 5.75 Å². The van der Waals surface area contributed by atoms with Gasteiger partial charge in [-0.15, -0.1) is 0 Å². The van der Waals surface area contributed by atoms with Gasteiger partial charge in [-0.3, -0.25) is 4.68 Å². The number of rotatable bonds is 5. The highest BCUT2D eigenvalue weighted by atomic mass is 16.5. The lowest BCUT2D eigenvalue weighted by Crippen LogP contribution is -2.23. The summed E-state index contributed by atoms with van der Waals surface area (Å²) < 4.78 is 7.98. The summed E-state index contributed by atoms with van der Waals surface area (Å²) in [5.41, 5.74) is 3.68. The number of nitrogens with zero attached hydrogens (tertiary/aromatic N) is 2. The van der Waals surface area contributed by atoms with Gasteiger partial charge in [0.15, 0.2) is 0 Å². The van der Waals surface area contributed by atoms with E-state index >= 15 is 0 Å². The van der Waals surface area contributed by atoms with E-state index in [4.69, 9.17) is 4.74 Å². The first-order valence-corrected chi connectivity index (χ1v) is 7.62. The topological polar surface area (TPSA) is 39.1 Å². The monoisotopic (exact) mass is 285 g/mol. The fraction of sp³-hybridized carbons (Fsp3) is 0.471. The van der Waals surface area contributed by atoms with Gasteiger partial charge in [-0.05, 0) is 24.6 Å². The molecule has 1 aromatic carbocycles. The molecule has 2 heterocycles. The second-order valence-corrected chi connectivity index (χ2v) is 6.12. The molecule has 21 heavy (non-hydrogen) atoms. The van der Waals surface area contributed by atoms with E-state index in [0.717, 1.165) is 31.0 Å². The first kappa shape index (κ1) is 14.1. The Morgan fingerprint density at radius 2 is 2.24 bits per heavy atom. The molecule has 2 aromatic rings. The summed E-state index contributed by atoms with van der Waals surface area (Å²) in [7, 11) is 0. The molecule has 3 rings (SSSR count). The van der Waals surface area contributed by atoms with E-state index in [1.807, 2.05) is 10.9 Å². The SMILES string of the molecule is Cc1ccc2c(c1)CC(Cn1ccc(CNC(C)C)n1)O2. The number of aromatic nitrogens is 2. The Kier molecular flexibility index (Phi) is 3.97. The minimum absolute atomic E-state index is 0.188. The van der Waals surface area contributed by atoms with Crippen LogP contribution >= 0.6 is 0 Å². The van der Waals surface area contributed by atoms with Crippen molar-refractivity contribution in [3.05, 3.63) is 47.3 Å². The number of ether oxygens (including phenoxy) is 1. The maximum Gasteiger partial charge on any atom is 0.123 e. The maximum absolute atomic E-state index is 6.00. The number of hydrogen-bond acceptors (Lipinski definition) is 3. The zero-order valence-electron chi connectivity index (χ0n) is 13.0. The predicted molar refractivity (Wildman–Crippen MR) is 83.5 cm³/mol. The van der Waals surface area contributed by atoms with Crippen LogP contribution in [0.1, 0.15) is 30.7 Å². The molecule has 1 N–H and O–H groups in total. The zero-order valence-corrected chi connectivity index (χ0v) is 13.0. The second kappa shape index (κ2) is 5.90. The number of hydrogen-bond donors (Lipinski definition) is 1. The molecular weight excluding hydrogens is 262 g/mol. The summed E-state index contributed by atoms with van der Waals surface area (Å²) >= 11 is 0. The van der Waals surface area contributed by atoms with Gasteiger partial charge in [0.2, 0.25) is 0 Å². The number of nitrogens with one attached hydrogen (secondary N) is 1. The first-order chi connectivity index (χ1) is 10.1. The molecule has 1 aliphatic rings. The standard InChI is InChI=1S/C17H23N3O/c1-12(2)18-10-15-6-7-20(19-15)11-16-9-14-8-13(3)4-5-17(14)21-16/h4-8,12,16,18H,9-11H2,1-3H3.